The van der Waals surface area contributed by atoms with E-state index in [1.54, 1.807) is 20.3 Å². The Morgan fingerprint density at radius 2 is 1.93 bits per heavy atom. The molecule has 0 aliphatic carbocycles. The Labute approximate surface area is 175 Å². The smallest absolute Gasteiger partial charge is 0.261 e. The molecule has 7 nitrogen and oxygen atoms in total. The molecule has 0 radical (unpaired) electrons. The Bertz CT molecular complexity index is 1030. The molecule has 1 amide bonds. The second kappa shape index (κ2) is 8.57. The summed E-state index contributed by atoms with van der Waals surface area (Å²) in [7, 11) is 3.18. The van der Waals surface area contributed by atoms with E-state index < -0.39 is 0 Å². The van der Waals surface area contributed by atoms with Crippen LogP contribution in [0.1, 0.15) is 29.3 Å². The second-order valence-corrected chi connectivity index (χ2v) is 7.50. The fraction of sp³-hybridized carbons (Fsp3) is 0.348. The van der Waals surface area contributed by atoms with Gasteiger partial charge in [-0.1, -0.05) is 35.0 Å². The molecule has 1 fully saturated rings. The zero-order chi connectivity index (χ0) is 21.1. The number of benzene rings is 2. The van der Waals surface area contributed by atoms with Crippen molar-refractivity contribution in [2.75, 3.05) is 27.3 Å². The van der Waals surface area contributed by atoms with Gasteiger partial charge in [-0.15, -0.1) is 0 Å². The highest BCUT2D eigenvalue weighted by molar-refractivity contribution is 5.79. The number of hydrogen-bond acceptors (Lipinski definition) is 6. The Balaban J connectivity index is 1.44. The van der Waals surface area contributed by atoms with Crippen LogP contribution in [0, 0.1) is 6.92 Å². The van der Waals surface area contributed by atoms with Gasteiger partial charge in [-0.05, 0) is 31.0 Å². The Kier molecular flexibility index (Phi) is 5.70. The molecule has 0 bridgehead atoms. The van der Waals surface area contributed by atoms with E-state index in [4.69, 9.17) is 14.0 Å². The lowest BCUT2D eigenvalue weighted by molar-refractivity contribution is -0.127. The molecule has 4 rings (SSSR count). The first-order chi connectivity index (χ1) is 14.6. The fourth-order valence-electron chi connectivity index (χ4n) is 3.67. The van der Waals surface area contributed by atoms with Crippen LogP contribution in [-0.4, -0.2) is 48.3 Å². The highest BCUT2D eigenvalue weighted by Crippen LogP contribution is 2.34. The summed E-state index contributed by atoms with van der Waals surface area (Å²) < 4.78 is 16.1. The zero-order valence-electron chi connectivity index (χ0n) is 17.4. The molecule has 156 valence electrons. The van der Waals surface area contributed by atoms with Crippen LogP contribution < -0.4 is 9.47 Å². The summed E-state index contributed by atoms with van der Waals surface area (Å²) in [6, 6.07) is 13.8. The van der Waals surface area contributed by atoms with Crippen LogP contribution in [0.15, 0.2) is 47.0 Å². The molecular weight excluding hydrogens is 382 g/mol. The number of methoxy groups -OCH3 is 2. The molecule has 1 atom stereocenters. The molecular formula is C23H25N3O4. The van der Waals surface area contributed by atoms with Crippen LogP contribution in [0.3, 0.4) is 0 Å². The molecule has 1 aliphatic rings. The molecule has 7 heteroatoms. The van der Waals surface area contributed by atoms with E-state index in [0.717, 1.165) is 6.42 Å². The van der Waals surface area contributed by atoms with Gasteiger partial charge in [0, 0.05) is 31.5 Å². The number of aromatic nitrogens is 2. The first kappa shape index (κ1) is 19.9. The third kappa shape index (κ3) is 4.15. The van der Waals surface area contributed by atoms with Crippen molar-refractivity contribution >= 4 is 5.91 Å². The van der Waals surface area contributed by atoms with Gasteiger partial charge < -0.3 is 18.9 Å². The predicted molar refractivity (Wildman–Crippen MR) is 112 cm³/mol. The van der Waals surface area contributed by atoms with Crippen molar-refractivity contribution in [3.05, 3.63) is 59.4 Å². The summed E-state index contributed by atoms with van der Waals surface area (Å²) in [5.41, 5.74) is 3.15. The summed E-state index contributed by atoms with van der Waals surface area (Å²) >= 11 is 0. The maximum atomic E-state index is 12.5. The van der Waals surface area contributed by atoms with Gasteiger partial charge in [0.05, 0.1) is 19.8 Å². The third-order valence-electron chi connectivity index (χ3n) is 5.45. The van der Waals surface area contributed by atoms with Crippen LogP contribution in [0.5, 0.6) is 11.5 Å². The minimum Gasteiger partial charge on any atom is -0.497 e. The molecule has 3 aromatic rings. The van der Waals surface area contributed by atoms with E-state index in [0.29, 0.717) is 48.3 Å². The lowest BCUT2D eigenvalue weighted by atomic mass is 10.1. The van der Waals surface area contributed by atoms with Crippen molar-refractivity contribution in [3.8, 4) is 23.0 Å². The van der Waals surface area contributed by atoms with Crippen molar-refractivity contribution in [2.45, 2.75) is 25.7 Å². The summed E-state index contributed by atoms with van der Waals surface area (Å²) in [5, 5.41) is 4.14. The van der Waals surface area contributed by atoms with Crippen LogP contribution in [0.4, 0.5) is 0 Å². The maximum Gasteiger partial charge on any atom is 0.261 e. The SMILES string of the molecule is COc1ccc(-c2nc(C3CC(=O)N(CCc4ccc(C)cc4)C3)no2)c(OC)c1. The minimum absolute atomic E-state index is 0.0720. The van der Waals surface area contributed by atoms with Crippen LogP contribution in [-0.2, 0) is 11.2 Å². The van der Waals surface area contributed by atoms with Crippen LogP contribution in [0.2, 0.25) is 0 Å². The quantitative estimate of drug-likeness (QED) is 0.595. The molecule has 0 spiro atoms. The summed E-state index contributed by atoms with van der Waals surface area (Å²) in [5.74, 6) is 2.24. The third-order valence-corrected chi connectivity index (χ3v) is 5.45. The molecule has 0 N–H and O–H groups in total. The first-order valence-corrected chi connectivity index (χ1v) is 9.96. The number of ether oxygens (including phenoxy) is 2. The lowest BCUT2D eigenvalue weighted by Gasteiger charge is -2.16. The van der Waals surface area contributed by atoms with Crippen molar-refractivity contribution in [1.82, 2.24) is 15.0 Å². The summed E-state index contributed by atoms with van der Waals surface area (Å²) in [4.78, 5) is 18.9. The number of likely N-dealkylation sites (tertiary alicyclic amines) is 1. The van der Waals surface area contributed by atoms with Gasteiger partial charge in [-0.3, -0.25) is 4.79 Å². The average Bonchev–Trinajstić information content (AvgIpc) is 3.39. The van der Waals surface area contributed by atoms with E-state index in [1.165, 1.54) is 11.1 Å². The standard InChI is InChI=1S/C23H25N3O4/c1-15-4-6-16(7-5-15)10-11-26-14-17(12-21(26)27)22-24-23(30-25-22)19-9-8-18(28-2)13-20(19)29-3/h4-9,13,17H,10-12,14H2,1-3H3. The first-order valence-electron chi connectivity index (χ1n) is 9.96. The number of nitrogens with zero attached hydrogens (tertiary/aromatic N) is 3. The number of amides is 1. The topological polar surface area (TPSA) is 77.7 Å². The highest BCUT2D eigenvalue weighted by Gasteiger charge is 2.33. The van der Waals surface area contributed by atoms with E-state index in [2.05, 4.69) is 41.3 Å². The molecule has 1 aromatic heterocycles. The van der Waals surface area contributed by atoms with Gasteiger partial charge in [0.2, 0.25) is 5.91 Å². The van der Waals surface area contributed by atoms with Crippen molar-refractivity contribution in [3.63, 3.8) is 0 Å². The average molecular weight is 407 g/mol. The Hall–Kier alpha value is -3.35. The number of carbonyl (C=O) groups is 1. The molecule has 1 saturated heterocycles. The molecule has 2 aromatic carbocycles. The monoisotopic (exact) mass is 407 g/mol. The highest BCUT2D eigenvalue weighted by atomic mass is 16.5. The largest absolute Gasteiger partial charge is 0.497 e. The molecule has 1 aliphatic heterocycles. The van der Waals surface area contributed by atoms with Crippen LogP contribution in [0.25, 0.3) is 11.5 Å². The van der Waals surface area contributed by atoms with Crippen molar-refractivity contribution in [1.29, 1.82) is 0 Å². The van der Waals surface area contributed by atoms with E-state index in [9.17, 15) is 4.79 Å². The zero-order valence-corrected chi connectivity index (χ0v) is 17.4. The lowest BCUT2D eigenvalue weighted by Crippen LogP contribution is -2.27. The van der Waals surface area contributed by atoms with Crippen molar-refractivity contribution in [2.24, 2.45) is 0 Å². The van der Waals surface area contributed by atoms with E-state index in [-0.39, 0.29) is 11.8 Å². The number of hydrogen-bond donors (Lipinski definition) is 0. The number of carbonyl (C=O) groups excluding carboxylic acids is 1. The van der Waals surface area contributed by atoms with Gasteiger partial charge in [-0.2, -0.15) is 4.98 Å². The Morgan fingerprint density at radius 3 is 2.67 bits per heavy atom. The van der Waals surface area contributed by atoms with Crippen LogP contribution >= 0.6 is 0 Å². The maximum absolute atomic E-state index is 12.5. The molecule has 2 heterocycles. The second-order valence-electron chi connectivity index (χ2n) is 7.50. The number of aryl methyl sites for hydroxylation is 1. The van der Waals surface area contributed by atoms with E-state index >= 15 is 0 Å². The minimum atomic E-state index is -0.0720. The van der Waals surface area contributed by atoms with Gasteiger partial charge in [0.15, 0.2) is 5.82 Å². The van der Waals surface area contributed by atoms with Gasteiger partial charge >= 0.3 is 0 Å². The fourth-order valence-corrected chi connectivity index (χ4v) is 3.67. The molecule has 30 heavy (non-hydrogen) atoms. The van der Waals surface area contributed by atoms with E-state index in [1.807, 2.05) is 17.0 Å². The van der Waals surface area contributed by atoms with Gasteiger partial charge in [0.1, 0.15) is 11.5 Å². The normalized spacial score (nSPS) is 16.2. The van der Waals surface area contributed by atoms with Crippen molar-refractivity contribution < 1.29 is 18.8 Å². The van der Waals surface area contributed by atoms with Gasteiger partial charge in [-0.25, -0.2) is 0 Å². The summed E-state index contributed by atoms with van der Waals surface area (Å²) in [6.45, 7) is 3.36. The number of rotatable bonds is 7. The van der Waals surface area contributed by atoms with Gasteiger partial charge in [0.25, 0.3) is 5.89 Å². The molecule has 1 unspecified atom stereocenters. The predicted octanol–water partition coefficient (Wildman–Crippen LogP) is 3.62. The Morgan fingerprint density at radius 1 is 1.13 bits per heavy atom. The molecule has 0 saturated carbocycles. The summed E-state index contributed by atoms with van der Waals surface area (Å²) in [6.07, 6.45) is 1.23.